The molecule has 1 aromatic rings. The standard InChI is InChI=1S/C13H19F2N3O2.ClH/c1-2-4-10(16)12(19)18-7-9-5-3-6-17-13(9)20-8-11(14)15;/h3,5-6,10-11H,2,4,7-8,16H2,1H3,(H,18,19);1H. The molecule has 3 N–H and O–H groups in total. The van der Waals surface area contributed by atoms with Crippen molar-refractivity contribution in [2.75, 3.05) is 6.61 Å². The van der Waals surface area contributed by atoms with Crippen LogP contribution in [0.4, 0.5) is 8.78 Å². The fourth-order valence-electron chi connectivity index (χ4n) is 1.59. The van der Waals surface area contributed by atoms with Gasteiger partial charge in [0.1, 0.15) is 0 Å². The summed E-state index contributed by atoms with van der Waals surface area (Å²) in [5.41, 5.74) is 6.20. The predicted octanol–water partition coefficient (Wildman–Crippen LogP) is 1.89. The van der Waals surface area contributed by atoms with Crippen LogP contribution in [0.5, 0.6) is 5.88 Å². The van der Waals surface area contributed by atoms with Crippen LogP contribution in [0.25, 0.3) is 0 Å². The molecule has 0 radical (unpaired) electrons. The van der Waals surface area contributed by atoms with E-state index in [0.717, 1.165) is 6.42 Å². The first kappa shape index (κ1) is 19.5. The molecule has 0 saturated carbocycles. The third-order valence-electron chi connectivity index (χ3n) is 2.59. The van der Waals surface area contributed by atoms with Crippen LogP contribution in [0.2, 0.25) is 0 Å². The minimum Gasteiger partial charge on any atom is -0.471 e. The van der Waals surface area contributed by atoms with E-state index in [0.29, 0.717) is 12.0 Å². The van der Waals surface area contributed by atoms with E-state index < -0.39 is 19.1 Å². The summed E-state index contributed by atoms with van der Waals surface area (Å²) in [6, 6.07) is 2.73. The van der Waals surface area contributed by atoms with Gasteiger partial charge in [-0.25, -0.2) is 13.8 Å². The Morgan fingerprint density at radius 3 is 2.86 bits per heavy atom. The highest BCUT2D eigenvalue weighted by molar-refractivity contribution is 5.85. The van der Waals surface area contributed by atoms with Gasteiger partial charge in [0.2, 0.25) is 11.8 Å². The molecule has 21 heavy (non-hydrogen) atoms. The molecule has 0 fully saturated rings. The summed E-state index contributed by atoms with van der Waals surface area (Å²) in [6.07, 6.45) is 0.268. The molecule has 120 valence electrons. The van der Waals surface area contributed by atoms with Crippen molar-refractivity contribution in [3.63, 3.8) is 0 Å². The molecule has 5 nitrogen and oxygen atoms in total. The Kier molecular flexibility index (Phi) is 9.56. The van der Waals surface area contributed by atoms with Gasteiger partial charge >= 0.3 is 0 Å². The Morgan fingerprint density at radius 2 is 2.24 bits per heavy atom. The number of carbonyl (C=O) groups excluding carboxylic acids is 1. The summed E-state index contributed by atoms with van der Waals surface area (Å²) in [7, 11) is 0. The van der Waals surface area contributed by atoms with Crippen molar-refractivity contribution in [2.24, 2.45) is 5.73 Å². The number of carbonyl (C=O) groups is 1. The van der Waals surface area contributed by atoms with Crippen LogP contribution in [-0.2, 0) is 11.3 Å². The van der Waals surface area contributed by atoms with Gasteiger partial charge in [-0.3, -0.25) is 4.79 Å². The highest BCUT2D eigenvalue weighted by Gasteiger charge is 2.14. The van der Waals surface area contributed by atoms with E-state index in [4.69, 9.17) is 10.5 Å². The Morgan fingerprint density at radius 1 is 1.52 bits per heavy atom. The smallest absolute Gasteiger partial charge is 0.272 e. The van der Waals surface area contributed by atoms with E-state index in [1.54, 1.807) is 12.1 Å². The molecule has 0 aliphatic heterocycles. The number of halogens is 3. The second-order valence-corrected chi connectivity index (χ2v) is 4.28. The van der Waals surface area contributed by atoms with E-state index in [9.17, 15) is 13.6 Å². The second kappa shape index (κ2) is 10.3. The average molecular weight is 324 g/mol. The maximum absolute atomic E-state index is 12.1. The topological polar surface area (TPSA) is 77.2 Å². The first-order valence-corrected chi connectivity index (χ1v) is 6.42. The second-order valence-electron chi connectivity index (χ2n) is 4.28. The van der Waals surface area contributed by atoms with Crippen molar-refractivity contribution in [3.05, 3.63) is 23.9 Å². The molecule has 1 heterocycles. The maximum atomic E-state index is 12.1. The molecule has 1 unspecified atom stereocenters. The Hall–Kier alpha value is -1.47. The highest BCUT2D eigenvalue weighted by Crippen LogP contribution is 2.14. The van der Waals surface area contributed by atoms with Gasteiger partial charge in [0.15, 0.2) is 6.61 Å². The van der Waals surface area contributed by atoms with Gasteiger partial charge < -0.3 is 15.8 Å². The lowest BCUT2D eigenvalue weighted by Crippen LogP contribution is -2.40. The number of nitrogens with two attached hydrogens (primary N) is 1. The predicted molar refractivity (Wildman–Crippen MR) is 77.7 cm³/mol. The van der Waals surface area contributed by atoms with Crippen molar-refractivity contribution >= 4 is 18.3 Å². The number of ether oxygens (including phenoxy) is 1. The van der Waals surface area contributed by atoms with E-state index in [1.807, 2.05) is 6.92 Å². The third kappa shape index (κ3) is 7.19. The molecule has 1 aromatic heterocycles. The number of alkyl halides is 2. The van der Waals surface area contributed by atoms with Crippen LogP contribution < -0.4 is 15.8 Å². The largest absolute Gasteiger partial charge is 0.471 e. The number of nitrogens with one attached hydrogen (secondary N) is 1. The summed E-state index contributed by atoms with van der Waals surface area (Å²) in [6.45, 7) is 1.35. The van der Waals surface area contributed by atoms with Crippen molar-refractivity contribution in [1.82, 2.24) is 10.3 Å². The summed E-state index contributed by atoms with van der Waals surface area (Å²) in [4.78, 5) is 15.5. The highest BCUT2D eigenvalue weighted by atomic mass is 35.5. The SMILES string of the molecule is CCCC(N)C(=O)NCc1cccnc1OCC(F)F.Cl. The zero-order valence-electron chi connectivity index (χ0n) is 11.7. The molecule has 0 saturated heterocycles. The summed E-state index contributed by atoms with van der Waals surface area (Å²) < 4.78 is 29.1. The monoisotopic (exact) mass is 323 g/mol. The molecular formula is C13H20ClF2N3O2. The van der Waals surface area contributed by atoms with Crippen LogP contribution in [0, 0.1) is 0 Å². The van der Waals surface area contributed by atoms with E-state index in [2.05, 4.69) is 10.3 Å². The fraction of sp³-hybridized carbons (Fsp3) is 0.538. The molecular weight excluding hydrogens is 304 g/mol. The van der Waals surface area contributed by atoms with Gasteiger partial charge in [-0.2, -0.15) is 0 Å². The Balaban J connectivity index is 0.00000400. The Labute approximate surface area is 128 Å². The van der Waals surface area contributed by atoms with Gasteiger partial charge in [0.25, 0.3) is 6.43 Å². The van der Waals surface area contributed by atoms with Gasteiger partial charge in [0, 0.05) is 18.3 Å². The quantitative estimate of drug-likeness (QED) is 0.766. The lowest BCUT2D eigenvalue weighted by molar-refractivity contribution is -0.122. The van der Waals surface area contributed by atoms with Gasteiger partial charge in [-0.15, -0.1) is 12.4 Å². The summed E-state index contributed by atoms with van der Waals surface area (Å²) >= 11 is 0. The van der Waals surface area contributed by atoms with Gasteiger partial charge in [-0.05, 0) is 12.5 Å². The normalized spacial score (nSPS) is 11.7. The number of rotatable bonds is 8. The molecule has 0 bridgehead atoms. The number of aromatic nitrogens is 1. The minimum atomic E-state index is -2.57. The zero-order valence-corrected chi connectivity index (χ0v) is 12.5. The summed E-state index contributed by atoms with van der Waals surface area (Å²) in [5, 5.41) is 2.64. The van der Waals surface area contributed by atoms with Crippen LogP contribution in [-0.4, -0.2) is 30.0 Å². The molecule has 8 heteroatoms. The van der Waals surface area contributed by atoms with Gasteiger partial charge in [0.05, 0.1) is 6.04 Å². The average Bonchev–Trinajstić information content (AvgIpc) is 2.43. The Bertz CT molecular complexity index is 436. The first-order valence-electron chi connectivity index (χ1n) is 6.42. The molecule has 1 rings (SSSR count). The molecule has 0 aromatic carbocycles. The molecule has 0 aliphatic carbocycles. The minimum absolute atomic E-state index is 0. The van der Waals surface area contributed by atoms with Crippen molar-refractivity contribution in [1.29, 1.82) is 0 Å². The maximum Gasteiger partial charge on any atom is 0.272 e. The van der Waals surface area contributed by atoms with Gasteiger partial charge in [-0.1, -0.05) is 19.4 Å². The first-order chi connectivity index (χ1) is 9.54. The van der Waals surface area contributed by atoms with E-state index in [1.165, 1.54) is 6.20 Å². The van der Waals surface area contributed by atoms with Crippen molar-refractivity contribution in [3.8, 4) is 5.88 Å². The van der Waals surface area contributed by atoms with Crippen molar-refractivity contribution in [2.45, 2.75) is 38.8 Å². The number of hydrogen-bond donors (Lipinski definition) is 2. The van der Waals surface area contributed by atoms with Crippen LogP contribution >= 0.6 is 12.4 Å². The molecule has 1 atom stereocenters. The molecule has 1 amide bonds. The zero-order chi connectivity index (χ0) is 15.0. The van der Waals surface area contributed by atoms with Crippen molar-refractivity contribution < 1.29 is 18.3 Å². The molecule has 0 aliphatic rings. The third-order valence-corrected chi connectivity index (χ3v) is 2.59. The number of hydrogen-bond acceptors (Lipinski definition) is 4. The van der Waals surface area contributed by atoms with Crippen LogP contribution in [0.15, 0.2) is 18.3 Å². The van der Waals surface area contributed by atoms with E-state index in [-0.39, 0.29) is 30.7 Å². The molecule has 0 spiro atoms. The lowest BCUT2D eigenvalue weighted by atomic mass is 10.1. The lowest BCUT2D eigenvalue weighted by Gasteiger charge is -2.13. The van der Waals surface area contributed by atoms with Crippen LogP contribution in [0.3, 0.4) is 0 Å². The van der Waals surface area contributed by atoms with Crippen LogP contribution in [0.1, 0.15) is 25.3 Å². The number of nitrogens with zero attached hydrogens (tertiary/aromatic N) is 1. The number of amides is 1. The number of pyridine rings is 1. The summed E-state index contributed by atoms with van der Waals surface area (Å²) in [5.74, 6) is -0.187. The van der Waals surface area contributed by atoms with E-state index >= 15 is 0 Å². The fourth-order valence-corrected chi connectivity index (χ4v) is 1.59.